The van der Waals surface area contributed by atoms with E-state index in [1.165, 1.54) is 0 Å². The third kappa shape index (κ3) is 0.598. The van der Waals surface area contributed by atoms with Crippen molar-refractivity contribution in [3.05, 3.63) is 11.6 Å². The number of hydrogen-bond donors (Lipinski definition) is 2. The Morgan fingerprint density at radius 1 is 1.50 bits per heavy atom. The Morgan fingerprint density at radius 2 is 2.12 bits per heavy atom. The quantitative estimate of drug-likeness (QED) is 0.486. The minimum absolute atomic E-state index is 0.0185. The van der Waals surface area contributed by atoms with Gasteiger partial charge in [-0.25, -0.2) is 0 Å². The predicted molar refractivity (Wildman–Crippen MR) is 29.5 cm³/mol. The van der Waals surface area contributed by atoms with Crippen LogP contribution in [-0.4, -0.2) is 28.7 Å². The van der Waals surface area contributed by atoms with Crippen molar-refractivity contribution in [3.63, 3.8) is 0 Å². The minimum atomic E-state index is 0.0185. The molecule has 1 heterocycles. The van der Waals surface area contributed by atoms with Crippen LogP contribution in [0.5, 0.6) is 0 Å². The minimum Gasteiger partial charge on any atom is -0.507 e. The summed E-state index contributed by atoms with van der Waals surface area (Å²) in [6.07, 6.45) is 0.572. The molecule has 0 atom stereocenters. The van der Waals surface area contributed by atoms with Gasteiger partial charge in [0.2, 0.25) is 5.88 Å². The third-order valence-corrected chi connectivity index (χ3v) is 1.30. The second kappa shape index (κ2) is 1.58. The third-order valence-electron chi connectivity index (χ3n) is 1.30. The van der Waals surface area contributed by atoms with E-state index in [2.05, 4.69) is 0 Å². The van der Waals surface area contributed by atoms with Crippen LogP contribution in [0.25, 0.3) is 0 Å². The molecule has 0 bridgehead atoms. The Kier molecular flexibility index (Phi) is 1.04. The largest absolute Gasteiger partial charge is 0.507 e. The average molecular weight is 115 g/mol. The van der Waals surface area contributed by atoms with Gasteiger partial charge in [0.25, 0.3) is 0 Å². The van der Waals surface area contributed by atoms with Gasteiger partial charge in [-0.1, -0.05) is 0 Å². The van der Waals surface area contributed by atoms with Crippen molar-refractivity contribution in [1.82, 2.24) is 4.90 Å². The van der Waals surface area contributed by atoms with Crippen molar-refractivity contribution in [1.29, 1.82) is 0 Å². The molecule has 0 aliphatic carbocycles. The molecule has 2 N–H and O–H groups in total. The maximum Gasteiger partial charge on any atom is 0.225 e. The first kappa shape index (κ1) is 5.28. The first-order chi connectivity index (χ1) is 3.72. The lowest BCUT2D eigenvalue weighted by molar-refractivity contribution is 0.239. The van der Waals surface area contributed by atoms with E-state index in [0.29, 0.717) is 6.42 Å². The Hall–Kier alpha value is -0.860. The molecular weight excluding hydrogens is 106 g/mol. The summed E-state index contributed by atoms with van der Waals surface area (Å²) >= 11 is 0. The standard InChI is InChI=1S/C5H9NO2/c1-6-3-2-4(7)5(6)8/h7-8H,2-3H2,1H3. The van der Waals surface area contributed by atoms with Crippen LogP contribution in [0.1, 0.15) is 6.42 Å². The fourth-order valence-electron chi connectivity index (χ4n) is 0.712. The summed E-state index contributed by atoms with van der Waals surface area (Å²) in [5, 5.41) is 17.6. The zero-order valence-corrected chi connectivity index (χ0v) is 4.76. The van der Waals surface area contributed by atoms with Crippen LogP contribution in [0.2, 0.25) is 0 Å². The van der Waals surface area contributed by atoms with E-state index in [1.807, 2.05) is 0 Å². The first-order valence-electron chi connectivity index (χ1n) is 2.54. The summed E-state index contributed by atoms with van der Waals surface area (Å²) in [6.45, 7) is 0.720. The molecule has 0 saturated carbocycles. The van der Waals surface area contributed by atoms with Crippen LogP contribution in [0, 0.1) is 0 Å². The molecule has 3 nitrogen and oxygen atoms in total. The van der Waals surface area contributed by atoms with Gasteiger partial charge in [-0.05, 0) is 0 Å². The molecule has 0 aromatic rings. The second-order valence-corrected chi connectivity index (χ2v) is 1.94. The molecule has 0 fully saturated rings. The second-order valence-electron chi connectivity index (χ2n) is 1.94. The van der Waals surface area contributed by atoms with Crippen molar-refractivity contribution in [2.45, 2.75) is 6.42 Å². The van der Waals surface area contributed by atoms with Gasteiger partial charge in [0.15, 0.2) is 5.76 Å². The lowest BCUT2D eigenvalue weighted by Crippen LogP contribution is -2.11. The smallest absolute Gasteiger partial charge is 0.225 e. The molecule has 0 spiro atoms. The fraction of sp³-hybridized carbons (Fsp3) is 0.600. The molecule has 0 saturated heterocycles. The molecule has 1 rings (SSSR count). The normalized spacial score (nSPS) is 20.4. The first-order valence-corrected chi connectivity index (χ1v) is 2.54. The van der Waals surface area contributed by atoms with Gasteiger partial charge in [-0.15, -0.1) is 0 Å². The number of nitrogens with zero attached hydrogens (tertiary/aromatic N) is 1. The van der Waals surface area contributed by atoms with Gasteiger partial charge in [-0.3, -0.25) is 0 Å². The van der Waals surface area contributed by atoms with E-state index in [9.17, 15) is 0 Å². The summed E-state index contributed by atoms with van der Waals surface area (Å²) in [5.41, 5.74) is 0. The number of aliphatic hydroxyl groups is 2. The highest BCUT2D eigenvalue weighted by atomic mass is 16.3. The molecule has 46 valence electrons. The van der Waals surface area contributed by atoms with Crippen molar-refractivity contribution in [2.75, 3.05) is 13.6 Å². The lowest BCUT2D eigenvalue weighted by atomic mass is 10.4. The molecule has 0 aromatic carbocycles. The van der Waals surface area contributed by atoms with E-state index >= 15 is 0 Å². The van der Waals surface area contributed by atoms with Crippen molar-refractivity contribution in [3.8, 4) is 0 Å². The maximum atomic E-state index is 8.82. The predicted octanol–water partition coefficient (Wildman–Crippen LogP) is 0.607. The Balaban J connectivity index is 2.71. The monoisotopic (exact) mass is 115 g/mol. The van der Waals surface area contributed by atoms with Crippen LogP contribution in [0.3, 0.4) is 0 Å². The van der Waals surface area contributed by atoms with Crippen molar-refractivity contribution < 1.29 is 10.2 Å². The zero-order chi connectivity index (χ0) is 6.15. The Bertz CT molecular complexity index is 130. The summed E-state index contributed by atoms with van der Waals surface area (Å²) in [5.74, 6) is 0.123. The molecule has 0 amide bonds. The van der Waals surface area contributed by atoms with Crippen molar-refractivity contribution in [2.24, 2.45) is 0 Å². The number of rotatable bonds is 0. The van der Waals surface area contributed by atoms with E-state index in [4.69, 9.17) is 10.2 Å². The molecule has 0 unspecified atom stereocenters. The average Bonchev–Trinajstić information content (AvgIpc) is 1.98. The molecule has 0 radical (unpaired) electrons. The van der Waals surface area contributed by atoms with Gasteiger partial charge in [-0.2, -0.15) is 0 Å². The van der Waals surface area contributed by atoms with Gasteiger partial charge >= 0.3 is 0 Å². The fourth-order valence-corrected chi connectivity index (χ4v) is 0.712. The molecule has 8 heavy (non-hydrogen) atoms. The van der Waals surface area contributed by atoms with Gasteiger partial charge < -0.3 is 15.1 Å². The summed E-state index contributed by atoms with van der Waals surface area (Å²) in [4.78, 5) is 1.61. The van der Waals surface area contributed by atoms with Gasteiger partial charge in [0.05, 0.1) is 0 Å². The molecule has 1 aliphatic rings. The molecule has 1 aliphatic heterocycles. The Morgan fingerprint density at radius 3 is 2.25 bits per heavy atom. The van der Waals surface area contributed by atoms with Crippen LogP contribution >= 0.6 is 0 Å². The summed E-state index contributed by atoms with van der Waals surface area (Å²) < 4.78 is 0. The Labute approximate surface area is 47.9 Å². The number of hydrogen-bond acceptors (Lipinski definition) is 3. The summed E-state index contributed by atoms with van der Waals surface area (Å²) in [7, 11) is 1.73. The van der Waals surface area contributed by atoms with Crippen LogP contribution < -0.4 is 0 Å². The van der Waals surface area contributed by atoms with Crippen LogP contribution in [0.15, 0.2) is 11.6 Å². The number of aliphatic hydroxyl groups excluding tert-OH is 2. The van der Waals surface area contributed by atoms with E-state index in [-0.39, 0.29) is 11.6 Å². The van der Waals surface area contributed by atoms with E-state index < -0.39 is 0 Å². The molecular formula is C5H9NO2. The van der Waals surface area contributed by atoms with Crippen LogP contribution in [-0.2, 0) is 0 Å². The highest BCUT2D eigenvalue weighted by Crippen LogP contribution is 2.14. The van der Waals surface area contributed by atoms with E-state index in [1.54, 1.807) is 11.9 Å². The molecule has 0 aromatic heterocycles. The SMILES string of the molecule is CN1CCC(O)=C1O. The highest BCUT2D eigenvalue weighted by Gasteiger charge is 2.16. The van der Waals surface area contributed by atoms with E-state index in [0.717, 1.165) is 6.54 Å². The maximum absolute atomic E-state index is 8.82. The summed E-state index contributed by atoms with van der Waals surface area (Å²) in [6, 6.07) is 0. The van der Waals surface area contributed by atoms with Crippen LogP contribution in [0.4, 0.5) is 0 Å². The van der Waals surface area contributed by atoms with Crippen molar-refractivity contribution >= 4 is 0 Å². The van der Waals surface area contributed by atoms with Gasteiger partial charge in [0, 0.05) is 20.0 Å². The van der Waals surface area contributed by atoms with Gasteiger partial charge in [0.1, 0.15) is 0 Å². The topological polar surface area (TPSA) is 43.7 Å². The zero-order valence-electron chi connectivity index (χ0n) is 4.76. The lowest BCUT2D eigenvalue weighted by Gasteiger charge is -2.07. The molecule has 3 heteroatoms. The highest BCUT2D eigenvalue weighted by molar-refractivity contribution is 5.03.